The van der Waals surface area contributed by atoms with E-state index < -0.39 is 30.8 Å². The Bertz CT molecular complexity index is 1240. The first-order valence-corrected chi connectivity index (χ1v) is 10.5. The summed E-state index contributed by atoms with van der Waals surface area (Å²) in [6, 6.07) is 5.00. The highest BCUT2D eigenvalue weighted by Crippen LogP contribution is 2.34. The molecule has 0 bridgehead atoms. The van der Waals surface area contributed by atoms with Gasteiger partial charge in [0, 0.05) is 42.0 Å². The van der Waals surface area contributed by atoms with Gasteiger partial charge in [-0.3, -0.25) is 19.0 Å². The number of aliphatic hydroxyl groups excluding tert-OH is 1. The fraction of sp³-hybridized carbons (Fsp3) is 0.391. The number of carbonyl (C=O) groups is 1. The van der Waals surface area contributed by atoms with E-state index in [-0.39, 0.29) is 30.6 Å². The van der Waals surface area contributed by atoms with E-state index in [1.807, 2.05) is 6.92 Å². The maximum absolute atomic E-state index is 13.1. The maximum Gasteiger partial charge on any atom is 0.258 e. The van der Waals surface area contributed by atoms with Crippen LogP contribution in [0.15, 0.2) is 35.4 Å². The predicted molar refractivity (Wildman–Crippen MR) is 117 cm³/mol. The van der Waals surface area contributed by atoms with Gasteiger partial charge in [0.05, 0.1) is 29.9 Å². The molecule has 32 heavy (non-hydrogen) atoms. The molecule has 168 valence electrons. The number of alkyl halides is 2. The molecule has 0 aromatic carbocycles. The molecule has 1 unspecified atom stereocenters. The zero-order valence-corrected chi connectivity index (χ0v) is 17.8. The van der Waals surface area contributed by atoms with Crippen LogP contribution in [-0.4, -0.2) is 38.4 Å². The van der Waals surface area contributed by atoms with Gasteiger partial charge in [-0.05, 0) is 43.9 Å². The summed E-state index contributed by atoms with van der Waals surface area (Å²) in [5.41, 5.74) is 2.54. The number of nitrogens with zero attached hydrogens (tertiary/aromatic N) is 3. The quantitative estimate of drug-likeness (QED) is 0.585. The highest BCUT2D eigenvalue weighted by Gasteiger charge is 2.43. The molecule has 3 heterocycles. The molecular weight excluding hydrogens is 418 g/mol. The van der Waals surface area contributed by atoms with Crippen molar-refractivity contribution in [1.82, 2.24) is 14.5 Å². The summed E-state index contributed by atoms with van der Waals surface area (Å²) in [7, 11) is 1.62. The van der Waals surface area contributed by atoms with Gasteiger partial charge in [0.25, 0.3) is 5.56 Å². The smallest absolute Gasteiger partial charge is 0.258 e. The Kier molecular flexibility index (Phi) is 6.01. The summed E-state index contributed by atoms with van der Waals surface area (Å²) in [6.07, 6.45) is 1.87. The lowest BCUT2D eigenvalue weighted by atomic mass is 10.0. The molecule has 3 aromatic rings. The average molecular weight is 442 g/mol. The van der Waals surface area contributed by atoms with Crippen LogP contribution in [0.5, 0.6) is 0 Å². The van der Waals surface area contributed by atoms with Crippen LogP contribution in [0.1, 0.15) is 36.6 Å². The monoisotopic (exact) mass is 442 g/mol. The molecule has 3 atom stereocenters. The molecule has 7 nitrogen and oxygen atoms in total. The van der Waals surface area contributed by atoms with Gasteiger partial charge in [-0.2, -0.15) is 0 Å². The van der Waals surface area contributed by atoms with Crippen molar-refractivity contribution in [2.45, 2.75) is 38.5 Å². The van der Waals surface area contributed by atoms with Crippen LogP contribution in [0.2, 0.25) is 0 Å². The number of aliphatic hydroxyl groups is 1. The van der Waals surface area contributed by atoms with Crippen LogP contribution < -0.4 is 10.9 Å². The topological polar surface area (TPSA) is 97.1 Å². The standard InChI is InChI=1S/C23H24F2N4O3/c1-12-6-18(20(30)4-3-5-24)26-11-16(12)14-7-13-10-27-21(9-19(13)29(2)23(14)32)28-22(31)15-8-17(15)25/h6-7,9-11,15,17,20,30H,3-5,8H2,1-2H3,(H,27,28,31)/t15-,17+,20?/m0/s1. The van der Waals surface area contributed by atoms with Crippen LogP contribution >= 0.6 is 0 Å². The Morgan fingerprint density at radius 1 is 1.28 bits per heavy atom. The molecule has 0 radical (unpaired) electrons. The largest absolute Gasteiger partial charge is 0.387 e. The lowest BCUT2D eigenvalue weighted by Crippen LogP contribution is -2.20. The molecule has 3 aromatic heterocycles. The fourth-order valence-electron chi connectivity index (χ4n) is 3.74. The van der Waals surface area contributed by atoms with Crippen molar-refractivity contribution in [2.75, 3.05) is 12.0 Å². The number of carbonyl (C=O) groups excluding carboxylic acids is 1. The number of halogens is 2. The summed E-state index contributed by atoms with van der Waals surface area (Å²) < 4.78 is 26.9. The van der Waals surface area contributed by atoms with Crippen molar-refractivity contribution in [2.24, 2.45) is 13.0 Å². The SMILES string of the molecule is Cc1cc(C(O)CCCF)ncc1-c1cc2cnc(NC(=O)[C@H]3C[C@H]3F)cc2n(C)c1=O. The number of hydrogen-bond donors (Lipinski definition) is 2. The normalized spacial score (nSPS) is 18.5. The summed E-state index contributed by atoms with van der Waals surface area (Å²) in [5.74, 6) is -0.789. The maximum atomic E-state index is 13.1. The minimum Gasteiger partial charge on any atom is -0.387 e. The Balaban J connectivity index is 1.66. The van der Waals surface area contributed by atoms with Crippen molar-refractivity contribution in [3.05, 3.63) is 52.2 Å². The van der Waals surface area contributed by atoms with E-state index in [0.29, 0.717) is 27.7 Å². The number of amides is 1. The van der Waals surface area contributed by atoms with E-state index in [1.165, 1.54) is 10.8 Å². The Morgan fingerprint density at radius 3 is 2.69 bits per heavy atom. The summed E-state index contributed by atoms with van der Waals surface area (Å²) in [6.45, 7) is 1.32. The van der Waals surface area contributed by atoms with Crippen LogP contribution in [-0.2, 0) is 11.8 Å². The van der Waals surface area contributed by atoms with E-state index in [0.717, 1.165) is 5.56 Å². The summed E-state index contributed by atoms with van der Waals surface area (Å²) >= 11 is 0. The molecule has 0 spiro atoms. The van der Waals surface area contributed by atoms with Crippen molar-refractivity contribution in [3.8, 4) is 11.1 Å². The second-order valence-electron chi connectivity index (χ2n) is 8.17. The van der Waals surface area contributed by atoms with Crippen LogP contribution in [0.4, 0.5) is 14.6 Å². The van der Waals surface area contributed by atoms with E-state index in [4.69, 9.17) is 0 Å². The minimum atomic E-state index is -1.10. The third-order valence-corrected chi connectivity index (χ3v) is 5.78. The van der Waals surface area contributed by atoms with E-state index in [2.05, 4.69) is 15.3 Å². The lowest BCUT2D eigenvalue weighted by Gasteiger charge is -2.14. The number of pyridine rings is 3. The number of hydrogen-bond acceptors (Lipinski definition) is 5. The van der Waals surface area contributed by atoms with Gasteiger partial charge in [0.1, 0.15) is 12.0 Å². The zero-order valence-electron chi connectivity index (χ0n) is 17.8. The second kappa shape index (κ2) is 8.74. The molecular formula is C23H24F2N4O3. The number of aryl methyl sites for hydroxylation is 2. The van der Waals surface area contributed by atoms with Gasteiger partial charge in [-0.1, -0.05) is 0 Å². The van der Waals surface area contributed by atoms with Crippen molar-refractivity contribution in [3.63, 3.8) is 0 Å². The van der Waals surface area contributed by atoms with Gasteiger partial charge in [0.2, 0.25) is 5.91 Å². The molecule has 0 saturated heterocycles. The van der Waals surface area contributed by atoms with Gasteiger partial charge in [-0.15, -0.1) is 0 Å². The predicted octanol–water partition coefficient (Wildman–Crippen LogP) is 3.38. The summed E-state index contributed by atoms with van der Waals surface area (Å²) in [4.78, 5) is 33.6. The highest BCUT2D eigenvalue weighted by atomic mass is 19.1. The molecule has 1 aliphatic carbocycles. The minimum absolute atomic E-state index is 0.223. The number of rotatable bonds is 7. The van der Waals surface area contributed by atoms with Crippen LogP contribution in [0.25, 0.3) is 22.0 Å². The molecule has 0 aliphatic heterocycles. The third-order valence-electron chi connectivity index (χ3n) is 5.78. The molecule has 2 N–H and O–H groups in total. The van der Waals surface area contributed by atoms with Crippen molar-refractivity contribution in [1.29, 1.82) is 0 Å². The lowest BCUT2D eigenvalue weighted by molar-refractivity contribution is -0.117. The van der Waals surface area contributed by atoms with Crippen molar-refractivity contribution < 1.29 is 18.7 Å². The van der Waals surface area contributed by atoms with E-state index in [1.54, 1.807) is 31.4 Å². The van der Waals surface area contributed by atoms with Crippen LogP contribution in [0, 0.1) is 12.8 Å². The van der Waals surface area contributed by atoms with Crippen LogP contribution in [0.3, 0.4) is 0 Å². The first-order valence-electron chi connectivity index (χ1n) is 10.5. The molecule has 9 heteroatoms. The number of aromatic nitrogens is 3. The molecule has 1 fully saturated rings. The van der Waals surface area contributed by atoms with Gasteiger partial charge < -0.3 is 15.0 Å². The first kappa shape index (κ1) is 22.0. The molecule has 1 amide bonds. The molecule has 1 aliphatic rings. The highest BCUT2D eigenvalue weighted by molar-refractivity contribution is 5.95. The molecule has 1 saturated carbocycles. The number of anilines is 1. The number of fused-ring (bicyclic) bond motifs is 1. The van der Waals surface area contributed by atoms with Gasteiger partial charge >= 0.3 is 0 Å². The van der Waals surface area contributed by atoms with Gasteiger partial charge in [0.15, 0.2) is 0 Å². The first-order chi connectivity index (χ1) is 15.3. The Morgan fingerprint density at radius 2 is 2.03 bits per heavy atom. The van der Waals surface area contributed by atoms with E-state index >= 15 is 0 Å². The Labute approximate surface area is 183 Å². The molecule has 4 rings (SSSR count). The zero-order chi connectivity index (χ0) is 23.0. The number of nitrogens with one attached hydrogen (secondary N) is 1. The fourth-order valence-corrected chi connectivity index (χ4v) is 3.74. The third kappa shape index (κ3) is 4.25. The van der Waals surface area contributed by atoms with Gasteiger partial charge in [-0.25, -0.2) is 9.37 Å². The summed E-state index contributed by atoms with van der Waals surface area (Å²) in [5, 5.41) is 13.4. The Hall–Kier alpha value is -3.20. The van der Waals surface area contributed by atoms with E-state index in [9.17, 15) is 23.5 Å². The van der Waals surface area contributed by atoms with Crippen molar-refractivity contribution >= 4 is 22.6 Å². The second-order valence-corrected chi connectivity index (χ2v) is 8.17. The average Bonchev–Trinajstić information content (AvgIpc) is 3.51.